The Morgan fingerprint density at radius 2 is 1.92 bits per heavy atom. The molecule has 130 valence electrons. The number of rotatable bonds is 4. The van der Waals surface area contributed by atoms with Gasteiger partial charge in [-0.1, -0.05) is 6.07 Å². The summed E-state index contributed by atoms with van der Waals surface area (Å²) in [7, 11) is 3.73. The summed E-state index contributed by atoms with van der Waals surface area (Å²) >= 11 is 0. The number of benzene rings is 1. The van der Waals surface area contributed by atoms with Gasteiger partial charge in [-0.3, -0.25) is 14.3 Å². The van der Waals surface area contributed by atoms with Gasteiger partial charge in [0.2, 0.25) is 0 Å². The van der Waals surface area contributed by atoms with Crippen molar-refractivity contribution in [2.75, 3.05) is 46.9 Å². The molecule has 6 nitrogen and oxygen atoms in total. The summed E-state index contributed by atoms with van der Waals surface area (Å²) < 4.78 is 7.11. The summed E-state index contributed by atoms with van der Waals surface area (Å²) in [5.74, 6) is 0.578. The fourth-order valence-electron chi connectivity index (χ4n) is 3.37. The summed E-state index contributed by atoms with van der Waals surface area (Å²) in [6.45, 7) is 9.19. The van der Waals surface area contributed by atoms with Gasteiger partial charge >= 0.3 is 0 Å². The topological polar surface area (TPSA) is 50.6 Å². The Morgan fingerprint density at radius 1 is 1.21 bits per heavy atom. The van der Waals surface area contributed by atoms with Gasteiger partial charge in [0.25, 0.3) is 5.56 Å². The Kier molecular flexibility index (Phi) is 4.60. The molecule has 3 rings (SSSR count). The average molecular weight is 330 g/mol. The number of hydrogen-bond acceptors (Lipinski definition) is 5. The molecule has 1 aliphatic heterocycles. The first-order valence-corrected chi connectivity index (χ1v) is 8.38. The van der Waals surface area contributed by atoms with Crippen LogP contribution in [0, 0.1) is 0 Å². The normalized spacial score (nSPS) is 17.3. The predicted octanol–water partition coefficient (Wildman–Crippen LogP) is 1.39. The van der Waals surface area contributed by atoms with Crippen LogP contribution in [0.5, 0.6) is 5.75 Å². The number of ether oxygens (including phenoxy) is 1. The molecule has 0 radical (unpaired) electrons. The first kappa shape index (κ1) is 16.9. The second kappa shape index (κ2) is 6.53. The minimum absolute atomic E-state index is 0.0448. The second-order valence-electron chi connectivity index (χ2n) is 7.17. The van der Waals surface area contributed by atoms with Crippen LogP contribution < -0.4 is 10.3 Å². The Labute approximate surface area is 142 Å². The minimum atomic E-state index is -0.338. The molecule has 0 spiro atoms. The molecule has 6 heteroatoms. The highest BCUT2D eigenvalue weighted by Crippen LogP contribution is 2.22. The molecule has 0 bridgehead atoms. The quantitative estimate of drug-likeness (QED) is 0.848. The highest BCUT2D eigenvalue weighted by atomic mass is 16.5. The van der Waals surface area contributed by atoms with Crippen molar-refractivity contribution in [3.8, 4) is 5.75 Å². The minimum Gasteiger partial charge on any atom is -0.496 e. The molecular formula is C18H26N4O2. The zero-order chi connectivity index (χ0) is 17.3. The van der Waals surface area contributed by atoms with Gasteiger partial charge in [-0.15, -0.1) is 0 Å². The van der Waals surface area contributed by atoms with Crippen LogP contribution in [0.15, 0.2) is 29.3 Å². The van der Waals surface area contributed by atoms with Crippen molar-refractivity contribution in [1.82, 2.24) is 19.4 Å². The van der Waals surface area contributed by atoms with Crippen molar-refractivity contribution in [2.24, 2.45) is 0 Å². The molecule has 2 aromatic rings. The highest BCUT2D eigenvalue weighted by Gasteiger charge is 2.27. The summed E-state index contributed by atoms with van der Waals surface area (Å²) in [4.78, 5) is 22.3. The van der Waals surface area contributed by atoms with E-state index in [2.05, 4.69) is 35.7 Å². The van der Waals surface area contributed by atoms with Gasteiger partial charge in [-0.05, 0) is 33.0 Å². The van der Waals surface area contributed by atoms with Crippen molar-refractivity contribution in [3.63, 3.8) is 0 Å². The number of aromatic nitrogens is 2. The van der Waals surface area contributed by atoms with Crippen LogP contribution >= 0.6 is 0 Å². The van der Waals surface area contributed by atoms with Gasteiger partial charge in [0.05, 0.1) is 24.5 Å². The number of fused-ring (bicyclic) bond motifs is 1. The van der Waals surface area contributed by atoms with Crippen molar-refractivity contribution >= 4 is 10.9 Å². The van der Waals surface area contributed by atoms with Crippen LogP contribution in [-0.2, 0) is 5.54 Å². The van der Waals surface area contributed by atoms with E-state index < -0.39 is 0 Å². The molecule has 1 aromatic carbocycles. The van der Waals surface area contributed by atoms with Gasteiger partial charge in [0, 0.05) is 32.7 Å². The highest BCUT2D eigenvalue weighted by molar-refractivity contribution is 5.84. The predicted molar refractivity (Wildman–Crippen MR) is 95.8 cm³/mol. The number of likely N-dealkylation sites (N-methyl/N-ethyl adjacent to an activating group) is 1. The summed E-state index contributed by atoms with van der Waals surface area (Å²) in [6, 6.07) is 5.51. The summed E-state index contributed by atoms with van der Waals surface area (Å²) in [6.07, 6.45) is 1.67. The molecule has 0 amide bonds. The fraction of sp³-hybridized carbons (Fsp3) is 0.556. The zero-order valence-electron chi connectivity index (χ0n) is 15.0. The maximum absolute atomic E-state index is 13.1. The van der Waals surface area contributed by atoms with Gasteiger partial charge in [-0.2, -0.15) is 0 Å². The smallest absolute Gasteiger partial charge is 0.265 e. The lowest BCUT2D eigenvalue weighted by Crippen LogP contribution is -2.51. The monoisotopic (exact) mass is 330 g/mol. The lowest BCUT2D eigenvalue weighted by molar-refractivity contribution is 0.112. The van der Waals surface area contributed by atoms with Crippen LogP contribution in [0.2, 0.25) is 0 Å². The van der Waals surface area contributed by atoms with E-state index in [1.54, 1.807) is 18.0 Å². The van der Waals surface area contributed by atoms with Crippen molar-refractivity contribution < 1.29 is 4.74 Å². The molecule has 2 heterocycles. The van der Waals surface area contributed by atoms with Crippen molar-refractivity contribution in [2.45, 2.75) is 19.4 Å². The molecule has 0 atom stereocenters. The Hall–Kier alpha value is -1.92. The SMILES string of the molecule is COc1cccc2ncn(C(C)(C)CN3CCN(C)CC3)c(=O)c12. The maximum Gasteiger partial charge on any atom is 0.265 e. The molecule has 0 saturated carbocycles. The summed E-state index contributed by atoms with van der Waals surface area (Å²) in [5, 5.41) is 0.550. The second-order valence-corrected chi connectivity index (χ2v) is 7.17. The average Bonchev–Trinajstić information content (AvgIpc) is 2.56. The molecule has 0 N–H and O–H groups in total. The Balaban J connectivity index is 1.95. The van der Waals surface area contributed by atoms with E-state index in [1.807, 2.05) is 18.2 Å². The molecule has 0 unspecified atom stereocenters. The van der Waals surface area contributed by atoms with E-state index in [0.717, 1.165) is 32.7 Å². The van der Waals surface area contributed by atoms with E-state index in [1.165, 1.54) is 0 Å². The molecule has 1 saturated heterocycles. The molecule has 24 heavy (non-hydrogen) atoms. The van der Waals surface area contributed by atoms with Crippen LogP contribution in [0.4, 0.5) is 0 Å². The van der Waals surface area contributed by atoms with E-state index in [-0.39, 0.29) is 11.1 Å². The number of hydrogen-bond donors (Lipinski definition) is 0. The van der Waals surface area contributed by atoms with Gasteiger partial charge in [-0.25, -0.2) is 4.98 Å². The third kappa shape index (κ3) is 3.16. The van der Waals surface area contributed by atoms with Crippen LogP contribution in [0.1, 0.15) is 13.8 Å². The van der Waals surface area contributed by atoms with Crippen molar-refractivity contribution in [3.05, 3.63) is 34.9 Å². The molecule has 1 aromatic heterocycles. The van der Waals surface area contributed by atoms with E-state index >= 15 is 0 Å². The standard InChI is InChI=1S/C18H26N4O2/c1-18(2,12-21-10-8-20(3)9-11-21)22-13-19-14-6-5-7-15(24-4)16(14)17(22)23/h5-7,13H,8-12H2,1-4H3. The molecule has 0 aliphatic carbocycles. The number of methoxy groups -OCH3 is 1. The fourth-order valence-corrected chi connectivity index (χ4v) is 3.37. The first-order chi connectivity index (χ1) is 11.4. The number of nitrogens with zero attached hydrogens (tertiary/aromatic N) is 4. The van der Waals surface area contributed by atoms with Crippen LogP contribution in [-0.4, -0.2) is 66.2 Å². The lowest BCUT2D eigenvalue weighted by atomic mass is 10.0. The maximum atomic E-state index is 13.1. The zero-order valence-corrected chi connectivity index (χ0v) is 15.0. The third-order valence-corrected chi connectivity index (χ3v) is 4.83. The van der Waals surface area contributed by atoms with Crippen LogP contribution in [0.3, 0.4) is 0 Å². The lowest BCUT2D eigenvalue weighted by Gasteiger charge is -2.38. The molecular weight excluding hydrogens is 304 g/mol. The van der Waals surface area contributed by atoms with Gasteiger partial charge < -0.3 is 9.64 Å². The van der Waals surface area contributed by atoms with Crippen LogP contribution in [0.25, 0.3) is 10.9 Å². The van der Waals surface area contributed by atoms with Gasteiger partial charge in [0.1, 0.15) is 11.1 Å². The van der Waals surface area contributed by atoms with Gasteiger partial charge in [0.15, 0.2) is 0 Å². The van der Waals surface area contributed by atoms with E-state index in [0.29, 0.717) is 16.7 Å². The summed E-state index contributed by atoms with van der Waals surface area (Å²) in [5.41, 5.74) is 0.289. The van der Waals surface area contributed by atoms with E-state index in [4.69, 9.17) is 4.74 Å². The molecule has 1 aliphatic rings. The first-order valence-electron chi connectivity index (χ1n) is 8.38. The van der Waals surface area contributed by atoms with E-state index in [9.17, 15) is 4.79 Å². The largest absolute Gasteiger partial charge is 0.496 e. The third-order valence-electron chi connectivity index (χ3n) is 4.83. The number of piperazine rings is 1. The van der Waals surface area contributed by atoms with Crippen molar-refractivity contribution in [1.29, 1.82) is 0 Å². The molecule has 1 fully saturated rings. The Bertz CT molecular complexity index is 776. The Morgan fingerprint density at radius 3 is 2.58 bits per heavy atom.